The van der Waals surface area contributed by atoms with E-state index in [2.05, 4.69) is 15.6 Å². The lowest BCUT2D eigenvalue weighted by atomic mass is 10.00. The van der Waals surface area contributed by atoms with Crippen LogP contribution in [0.2, 0.25) is 0 Å². The molecule has 0 aliphatic carbocycles. The number of nitrogens with two attached hydrogens (primary N) is 1. The second-order valence-electron chi connectivity index (χ2n) is 7.07. The van der Waals surface area contributed by atoms with Gasteiger partial charge in [0, 0.05) is 41.8 Å². The van der Waals surface area contributed by atoms with E-state index in [9.17, 15) is 9.59 Å². The molecule has 0 fully saturated rings. The Labute approximate surface area is 174 Å². The Morgan fingerprint density at radius 2 is 1.80 bits per heavy atom. The number of hydrogen-bond acceptors (Lipinski definition) is 5. The molecule has 152 valence electrons. The molecule has 2 atom stereocenters. The van der Waals surface area contributed by atoms with Crippen LogP contribution in [0.25, 0.3) is 0 Å². The van der Waals surface area contributed by atoms with Gasteiger partial charge in [0.2, 0.25) is 5.91 Å². The van der Waals surface area contributed by atoms with Gasteiger partial charge >= 0.3 is 0 Å². The zero-order chi connectivity index (χ0) is 20.9. The summed E-state index contributed by atoms with van der Waals surface area (Å²) in [6, 6.07) is 17.6. The van der Waals surface area contributed by atoms with Gasteiger partial charge in [-0.3, -0.25) is 14.6 Å². The average Bonchev–Trinajstić information content (AvgIpc) is 3.22. The first-order valence-corrected chi connectivity index (χ1v) is 9.68. The van der Waals surface area contributed by atoms with Crippen LogP contribution in [0.15, 0.2) is 73.1 Å². The lowest BCUT2D eigenvalue weighted by Crippen LogP contribution is -2.35. The first-order chi connectivity index (χ1) is 14.6. The van der Waals surface area contributed by atoms with Crippen LogP contribution in [-0.2, 0) is 4.79 Å². The minimum absolute atomic E-state index is 0.108. The standard InChI is InChI=1S/C23H22N4O3/c24-20(13-26-23(29)19-14-30-21-4-2-1-3-18(19)21)15-5-7-16(8-6-15)22(28)27-17-9-11-25-12-10-17/h1-12,19-20H,13-14,24H2,(H,26,29)(H,25,27,28)/t19-,20+/m0/s1. The van der Waals surface area contributed by atoms with Gasteiger partial charge in [-0.25, -0.2) is 0 Å². The molecule has 3 aromatic rings. The third kappa shape index (κ3) is 4.31. The van der Waals surface area contributed by atoms with Crippen molar-refractivity contribution in [1.29, 1.82) is 0 Å². The molecule has 0 bridgehead atoms. The summed E-state index contributed by atoms with van der Waals surface area (Å²) in [6.45, 7) is 0.627. The summed E-state index contributed by atoms with van der Waals surface area (Å²) in [6.07, 6.45) is 3.23. The molecule has 30 heavy (non-hydrogen) atoms. The van der Waals surface area contributed by atoms with E-state index < -0.39 is 0 Å². The van der Waals surface area contributed by atoms with Crippen LogP contribution in [0, 0.1) is 0 Å². The highest BCUT2D eigenvalue weighted by Gasteiger charge is 2.30. The predicted octanol–water partition coefficient (Wildman–Crippen LogP) is 2.63. The number of rotatable bonds is 6. The van der Waals surface area contributed by atoms with Gasteiger partial charge in [-0.2, -0.15) is 0 Å². The molecule has 1 aliphatic rings. The molecular formula is C23H22N4O3. The maximum atomic E-state index is 12.6. The fourth-order valence-corrected chi connectivity index (χ4v) is 3.35. The lowest BCUT2D eigenvalue weighted by molar-refractivity contribution is -0.122. The summed E-state index contributed by atoms with van der Waals surface area (Å²) in [5.74, 6) is 0.105. The molecule has 0 radical (unpaired) electrons. The van der Waals surface area contributed by atoms with Gasteiger partial charge in [-0.15, -0.1) is 0 Å². The smallest absolute Gasteiger partial charge is 0.255 e. The number of aromatic nitrogens is 1. The molecule has 1 aliphatic heterocycles. The zero-order valence-corrected chi connectivity index (χ0v) is 16.2. The largest absolute Gasteiger partial charge is 0.492 e. The number of benzene rings is 2. The summed E-state index contributed by atoms with van der Waals surface area (Å²) >= 11 is 0. The molecule has 4 rings (SSSR count). The quantitative estimate of drug-likeness (QED) is 0.588. The van der Waals surface area contributed by atoms with Gasteiger partial charge in [0.1, 0.15) is 18.3 Å². The Morgan fingerprint density at radius 1 is 1.07 bits per heavy atom. The molecule has 2 heterocycles. The molecule has 0 spiro atoms. The number of amides is 2. The van der Waals surface area contributed by atoms with Crippen molar-refractivity contribution in [2.24, 2.45) is 5.73 Å². The molecule has 0 unspecified atom stereocenters. The highest BCUT2D eigenvalue weighted by Crippen LogP contribution is 2.33. The molecular weight excluding hydrogens is 380 g/mol. The van der Waals surface area contributed by atoms with Gasteiger partial charge < -0.3 is 21.1 Å². The zero-order valence-electron chi connectivity index (χ0n) is 16.2. The average molecular weight is 402 g/mol. The monoisotopic (exact) mass is 402 g/mol. The first-order valence-electron chi connectivity index (χ1n) is 9.68. The van der Waals surface area contributed by atoms with E-state index in [1.54, 1.807) is 48.8 Å². The summed E-state index contributed by atoms with van der Waals surface area (Å²) in [5, 5.41) is 5.71. The van der Waals surface area contributed by atoms with E-state index >= 15 is 0 Å². The number of pyridine rings is 1. The third-order valence-corrected chi connectivity index (χ3v) is 5.05. The molecule has 0 saturated heterocycles. The summed E-state index contributed by atoms with van der Waals surface area (Å²) < 4.78 is 5.57. The van der Waals surface area contributed by atoms with Crippen molar-refractivity contribution in [3.05, 3.63) is 89.7 Å². The van der Waals surface area contributed by atoms with Crippen LogP contribution >= 0.6 is 0 Å². The SMILES string of the molecule is N[C@H](CNC(=O)[C@H]1COc2ccccc21)c1ccc(C(=O)Nc2ccncc2)cc1. The van der Waals surface area contributed by atoms with Crippen LogP contribution in [0.1, 0.15) is 33.4 Å². The predicted molar refractivity (Wildman–Crippen MR) is 113 cm³/mol. The number of anilines is 1. The van der Waals surface area contributed by atoms with Gasteiger partial charge in [0.15, 0.2) is 0 Å². The fourth-order valence-electron chi connectivity index (χ4n) is 3.35. The van der Waals surface area contributed by atoms with Crippen molar-refractivity contribution >= 4 is 17.5 Å². The number of carbonyl (C=O) groups is 2. The number of nitrogens with zero attached hydrogens (tertiary/aromatic N) is 1. The van der Waals surface area contributed by atoms with Crippen LogP contribution in [-0.4, -0.2) is 29.9 Å². The van der Waals surface area contributed by atoms with E-state index in [1.165, 1.54) is 0 Å². The van der Waals surface area contributed by atoms with Gasteiger partial charge in [0.05, 0.1) is 0 Å². The summed E-state index contributed by atoms with van der Waals surface area (Å²) in [5.41, 5.74) is 9.16. The highest BCUT2D eigenvalue weighted by atomic mass is 16.5. The number of hydrogen-bond donors (Lipinski definition) is 3. The van der Waals surface area contributed by atoms with E-state index in [0.29, 0.717) is 24.4 Å². The Balaban J connectivity index is 1.32. The van der Waals surface area contributed by atoms with Crippen molar-refractivity contribution in [1.82, 2.24) is 10.3 Å². The minimum Gasteiger partial charge on any atom is -0.492 e. The number of nitrogens with one attached hydrogen (secondary N) is 2. The minimum atomic E-state index is -0.385. The van der Waals surface area contributed by atoms with E-state index in [4.69, 9.17) is 10.5 Å². The molecule has 2 aromatic carbocycles. The fraction of sp³-hybridized carbons (Fsp3) is 0.174. The number of ether oxygens (including phenoxy) is 1. The molecule has 7 heteroatoms. The Morgan fingerprint density at radius 3 is 2.57 bits per heavy atom. The second kappa shape index (κ2) is 8.75. The maximum absolute atomic E-state index is 12.6. The van der Waals surface area contributed by atoms with Crippen molar-refractivity contribution in [2.75, 3.05) is 18.5 Å². The summed E-state index contributed by atoms with van der Waals surface area (Å²) in [4.78, 5) is 28.8. The van der Waals surface area contributed by atoms with Crippen LogP contribution < -0.4 is 21.1 Å². The number of carbonyl (C=O) groups excluding carboxylic acids is 2. The van der Waals surface area contributed by atoms with Crippen molar-refractivity contribution in [2.45, 2.75) is 12.0 Å². The van der Waals surface area contributed by atoms with Crippen molar-refractivity contribution in [3.63, 3.8) is 0 Å². The van der Waals surface area contributed by atoms with Gasteiger partial charge in [-0.1, -0.05) is 30.3 Å². The van der Waals surface area contributed by atoms with Crippen LogP contribution in [0.5, 0.6) is 5.75 Å². The highest BCUT2D eigenvalue weighted by molar-refractivity contribution is 6.04. The van der Waals surface area contributed by atoms with Crippen LogP contribution in [0.4, 0.5) is 5.69 Å². The van der Waals surface area contributed by atoms with E-state index in [0.717, 1.165) is 16.9 Å². The Hall–Kier alpha value is -3.71. The third-order valence-electron chi connectivity index (χ3n) is 5.05. The normalized spacial score (nSPS) is 15.6. The maximum Gasteiger partial charge on any atom is 0.255 e. The lowest BCUT2D eigenvalue weighted by Gasteiger charge is -2.16. The summed E-state index contributed by atoms with van der Waals surface area (Å²) in [7, 11) is 0. The Bertz CT molecular complexity index is 1040. The number of fused-ring (bicyclic) bond motifs is 1. The number of para-hydroxylation sites is 1. The second-order valence-corrected chi connectivity index (χ2v) is 7.07. The molecule has 1 aromatic heterocycles. The molecule has 0 saturated carbocycles. The van der Waals surface area contributed by atoms with Crippen molar-refractivity contribution < 1.29 is 14.3 Å². The Kier molecular flexibility index (Phi) is 5.72. The van der Waals surface area contributed by atoms with E-state index in [-0.39, 0.29) is 23.8 Å². The van der Waals surface area contributed by atoms with Gasteiger partial charge in [-0.05, 0) is 35.9 Å². The first kappa shape index (κ1) is 19.6. The molecule has 7 nitrogen and oxygen atoms in total. The van der Waals surface area contributed by atoms with Crippen molar-refractivity contribution in [3.8, 4) is 5.75 Å². The molecule has 4 N–H and O–H groups in total. The van der Waals surface area contributed by atoms with Crippen LogP contribution in [0.3, 0.4) is 0 Å². The van der Waals surface area contributed by atoms with Gasteiger partial charge in [0.25, 0.3) is 5.91 Å². The topological polar surface area (TPSA) is 106 Å². The van der Waals surface area contributed by atoms with E-state index in [1.807, 2.05) is 24.3 Å². The molecule has 2 amide bonds.